The van der Waals surface area contributed by atoms with Crippen molar-refractivity contribution < 1.29 is 13.2 Å². The van der Waals surface area contributed by atoms with Gasteiger partial charge in [0.15, 0.2) is 0 Å². The highest BCUT2D eigenvalue weighted by Gasteiger charge is 2.32. The first-order chi connectivity index (χ1) is 30.7. The Morgan fingerprint density at radius 1 is 0.438 bits per heavy atom. The molecule has 0 fully saturated rings. The van der Waals surface area contributed by atoms with Crippen molar-refractivity contribution in [1.29, 1.82) is 10.5 Å². The van der Waals surface area contributed by atoms with Crippen LogP contribution < -0.4 is 0 Å². The lowest BCUT2D eigenvalue weighted by atomic mass is 9.93. The zero-order valence-electron chi connectivity index (χ0n) is 36.2. The average molecular weight is 839 g/mol. The van der Waals surface area contributed by atoms with Crippen molar-refractivity contribution in [3.05, 3.63) is 190 Å². The highest BCUT2D eigenvalue weighted by Crippen LogP contribution is 2.44. The molecule has 0 saturated heterocycles. The molecule has 0 aliphatic rings. The van der Waals surface area contributed by atoms with Gasteiger partial charge in [-0.1, -0.05) is 102 Å². The molecule has 0 spiro atoms. The third-order valence-corrected chi connectivity index (χ3v) is 12.7. The number of aryl methyl sites for hydroxylation is 6. The monoisotopic (exact) mass is 838 g/mol. The first kappa shape index (κ1) is 40.2. The summed E-state index contributed by atoms with van der Waals surface area (Å²) in [6.07, 6.45) is -4.64. The third-order valence-electron chi connectivity index (χ3n) is 12.7. The summed E-state index contributed by atoms with van der Waals surface area (Å²) < 4.78 is 46.6. The van der Waals surface area contributed by atoms with Crippen LogP contribution in [0.5, 0.6) is 0 Å². The van der Waals surface area contributed by atoms with Gasteiger partial charge in [0.1, 0.15) is 11.6 Å². The summed E-state index contributed by atoms with van der Waals surface area (Å²) in [5.74, 6) is 0. The van der Waals surface area contributed by atoms with E-state index in [2.05, 4.69) is 136 Å². The minimum Gasteiger partial charge on any atom is -0.308 e. The molecule has 0 unspecified atom stereocenters. The molecule has 2 heterocycles. The number of para-hydroxylation sites is 2. The Kier molecular flexibility index (Phi) is 9.36. The summed E-state index contributed by atoms with van der Waals surface area (Å²) in [6, 6.07) is 49.4. The van der Waals surface area contributed by atoms with E-state index in [4.69, 9.17) is 0 Å². The maximum atomic E-state index is 14.1. The van der Waals surface area contributed by atoms with Crippen LogP contribution in [0.15, 0.2) is 140 Å². The Bertz CT molecular complexity index is 3450. The predicted octanol–water partition coefficient (Wildman–Crippen LogP) is 15.5. The highest BCUT2D eigenvalue weighted by molar-refractivity contribution is 6.12. The number of hydrogen-bond acceptors (Lipinski definition) is 2. The van der Waals surface area contributed by atoms with Crippen molar-refractivity contribution >= 4 is 43.6 Å². The third kappa shape index (κ3) is 6.35. The van der Waals surface area contributed by atoms with E-state index < -0.39 is 11.7 Å². The fourth-order valence-electron chi connectivity index (χ4n) is 10.3. The molecular formula is C57H41F3N4. The molecule has 310 valence electrons. The molecule has 7 heteroatoms. The van der Waals surface area contributed by atoms with Crippen molar-refractivity contribution in [3.63, 3.8) is 0 Å². The number of hydrogen-bond donors (Lipinski definition) is 0. The Labute approximate surface area is 369 Å². The molecular weight excluding hydrogens is 798 g/mol. The van der Waals surface area contributed by atoms with Crippen LogP contribution in [0.4, 0.5) is 13.2 Å². The summed E-state index contributed by atoms with van der Waals surface area (Å²) in [7, 11) is 0. The molecule has 10 aromatic rings. The van der Waals surface area contributed by atoms with E-state index in [1.807, 2.05) is 48.5 Å². The van der Waals surface area contributed by atoms with Crippen LogP contribution in [0, 0.1) is 64.2 Å². The van der Waals surface area contributed by atoms with Gasteiger partial charge in [0.05, 0.1) is 50.6 Å². The van der Waals surface area contributed by atoms with Gasteiger partial charge in [0.25, 0.3) is 0 Å². The summed E-state index contributed by atoms with van der Waals surface area (Å²) in [4.78, 5) is 0. The van der Waals surface area contributed by atoms with E-state index in [-0.39, 0.29) is 5.56 Å². The van der Waals surface area contributed by atoms with Crippen LogP contribution in [-0.4, -0.2) is 9.13 Å². The molecule has 0 aliphatic heterocycles. The molecule has 4 nitrogen and oxygen atoms in total. The van der Waals surface area contributed by atoms with Crippen LogP contribution in [0.3, 0.4) is 0 Å². The second kappa shape index (κ2) is 14.9. The molecule has 64 heavy (non-hydrogen) atoms. The largest absolute Gasteiger partial charge is 0.416 e. The van der Waals surface area contributed by atoms with Crippen LogP contribution in [0.1, 0.15) is 50.1 Å². The smallest absolute Gasteiger partial charge is 0.308 e. The predicted molar refractivity (Wildman–Crippen MR) is 254 cm³/mol. The van der Waals surface area contributed by atoms with Crippen molar-refractivity contribution in [2.45, 2.75) is 47.7 Å². The molecule has 0 amide bonds. The molecule has 10 rings (SSSR count). The van der Waals surface area contributed by atoms with Gasteiger partial charge in [0, 0.05) is 21.5 Å². The quantitative estimate of drug-likeness (QED) is 0.173. The van der Waals surface area contributed by atoms with Gasteiger partial charge in [-0.25, -0.2) is 0 Å². The molecule has 2 aromatic heterocycles. The second-order valence-electron chi connectivity index (χ2n) is 17.1. The van der Waals surface area contributed by atoms with Crippen molar-refractivity contribution in [3.8, 4) is 56.9 Å². The Morgan fingerprint density at radius 2 is 0.875 bits per heavy atom. The zero-order valence-corrected chi connectivity index (χ0v) is 36.2. The van der Waals surface area contributed by atoms with Gasteiger partial charge in [-0.3, -0.25) is 0 Å². The van der Waals surface area contributed by atoms with E-state index >= 15 is 0 Å². The minimum atomic E-state index is -4.64. The number of benzene rings is 8. The zero-order chi connectivity index (χ0) is 44.8. The van der Waals surface area contributed by atoms with E-state index in [1.165, 1.54) is 17.2 Å². The molecule has 0 aliphatic carbocycles. The molecule has 0 saturated carbocycles. The van der Waals surface area contributed by atoms with Gasteiger partial charge in [-0.2, -0.15) is 23.7 Å². The Balaban J connectivity index is 1.36. The van der Waals surface area contributed by atoms with Crippen LogP contribution >= 0.6 is 0 Å². The van der Waals surface area contributed by atoms with E-state index in [1.54, 1.807) is 0 Å². The summed E-state index contributed by atoms with van der Waals surface area (Å²) in [5, 5.41) is 26.0. The maximum absolute atomic E-state index is 14.1. The van der Waals surface area contributed by atoms with E-state index in [0.717, 1.165) is 100 Å². The Hall–Kier alpha value is -7.87. The standard InChI is InChI=1S/C57H41F3N4/c1-32-21-34(3)55(35(4)22-32)38-15-18-46-44-11-7-9-13-49(44)63(51(46)26-38)53-28-40(43-20-17-42(57(58,59)60)25-41(43)30-61)29-54(48(53)31-62)64-50-14-10-8-12-45(50)47-19-16-39(27-52(47)64)56-36(5)23-33(2)24-37(56)6/h7-29H,1-6H3. The number of rotatable bonds is 5. The molecule has 0 radical (unpaired) electrons. The number of alkyl halides is 3. The lowest BCUT2D eigenvalue weighted by molar-refractivity contribution is -0.137. The van der Waals surface area contributed by atoms with Crippen molar-refractivity contribution in [2.24, 2.45) is 0 Å². The number of halogens is 3. The van der Waals surface area contributed by atoms with Gasteiger partial charge in [0.2, 0.25) is 0 Å². The fraction of sp³-hybridized carbons (Fsp3) is 0.123. The van der Waals surface area contributed by atoms with Gasteiger partial charge in [-0.15, -0.1) is 0 Å². The SMILES string of the molecule is Cc1cc(C)c(-c2ccc3c4ccccc4n(-c4cc(-c5ccc(C(F)(F)F)cc5C#N)cc(-n5c6ccccc6c6ccc(-c7c(C)cc(C)cc7C)cc65)c4C#N)c3c2)c(C)c1. The van der Waals surface area contributed by atoms with Crippen molar-refractivity contribution in [2.75, 3.05) is 0 Å². The second-order valence-corrected chi connectivity index (χ2v) is 17.1. The lowest BCUT2D eigenvalue weighted by Gasteiger charge is -2.20. The molecule has 8 aromatic carbocycles. The van der Waals surface area contributed by atoms with E-state index in [0.29, 0.717) is 28.1 Å². The number of nitrogens with zero attached hydrogens (tertiary/aromatic N) is 4. The lowest BCUT2D eigenvalue weighted by Crippen LogP contribution is -2.07. The Morgan fingerprint density at radius 3 is 1.30 bits per heavy atom. The first-order valence-electron chi connectivity index (χ1n) is 21.2. The molecule has 0 N–H and O–H groups in total. The maximum Gasteiger partial charge on any atom is 0.416 e. The summed E-state index contributed by atoms with van der Waals surface area (Å²) in [5.41, 5.74) is 15.9. The van der Waals surface area contributed by atoms with Crippen molar-refractivity contribution in [1.82, 2.24) is 9.13 Å². The summed E-state index contributed by atoms with van der Waals surface area (Å²) in [6.45, 7) is 12.7. The van der Waals surface area contributed by atoms with Crippen LogP contribution in [0.25, 0.3) is 88.4 Å². The van der Waals surface area contributed by atoms with Crippen LogP contribution in [-0.2, 0) is 6.18 Å². The topological polar surface area (TPSA) is 57.4 Å². The minimum absolute atomic E-state index is 0.124. The molecule has 0 bridgehead atoms. The van der Waals surface area contributed by atoms with E-state index in [9.17, 15) is 23.7 Å². The average Bonchev–Trinajstić information content (AvgIpc) is 3.76. The normalized spacial score (nSPS) is 11.8. The fourth-order valence-corrected chi connectivity index (χ4v) is 10.3. The number of fused-ring (bicyclic) bond motifs is 6. The van der Waals surface area contributed by atoms with Crippen LogP contribution in [0.2, 0.25) is 0 Å². The number of nitriles is 2. The van der Waals surface area contributed by atoms with Gasteiger partial charge in [-0.05, 0) is 146 Å². The van der Waals surface area contributed by atoms with Gasteiger partial charge < -0.3 is 9.13 Å². The summed E-state index contributed by atoms with van der Waals surface area (Å²) >= 11 is 0. The molecule has 0 atom stereocenters. The number of aromatic nitrogens is 2. The first-order valence-corrected chi connectivity index (χ1v) is 21.2. The van der Waals surface area contributed by atoms with Gasteiger partial charge >= 0.3 is 6.18 Å². The highest BCUT2D eigenvalue weighted by atomic mass is 19.4.